The second-order valence-electron chi connectivity index (χ2n) is 6.47. The second-order valence-corrected chi connectivity index (χ2v) is 6.47. The predicted molar refractivity (Wildman–Crippen MR) is 88.9 cm³/mol. The highest BCUT2D eigenvalue weighted by molar-refractivity contribution is 5.75. The SMILES string of the molecule is CCN1CCCC(CNC(=O)CCn2nc(C)c(C)c2C)C1. The number of amides is 1. The van der Waals surface area contributed by atoms with Crippen molar-refractivity contribution in [3.63, 3.8) is 0 Å². The standard InChI is InChI=1S/C17H30N4O/c1-5-20-9-6-7-16(12-20)11-18-17(22)8-10-21-15(4)13(2)14(3)19-21/h16H,5-12H2,1-4H3,(H,18,22). The summed E-state index contributed by atoms with van der Waals surface area (Å²) in [5.41, 5.74) is 3.44. The Bertz CT molecular complexity index is 509. The molecule has 0 spiro atoms. The Labute approximate surface area is 134 Å². The fourth-order valence-electron chi connectivity index (χ4n) is 3.16. The summed E-state index contributed by atoms with van der Waals surface area (Å²) < 4.78 is 1.95. The second kappa shape index (κ2) is 7.77. The van der Waals surface area contributed by atoms with Gasteiger partial charge in [-0.1, -0.05) is 6.92 Å². The maximum atomic E-state index is 12.0. The first-order valence-electron chi connectivity index (χ1n) is 8.51. The van der Waals surface area contributed by atoms with Gasteiger partial charge in [-0.3, -0.25) is 9.48 Å². The minimum atomic E-state index is 0.138. The van der Waals surface area contributed by atoms with Crippen LogP contribution in [0.2, 0.25) is 0 Å². The third-order valence-corrected chi connectivity index (χ3v) is 4.93. The van der Waals surface area contributed by atoms with Gasteiger partial charge in [0.05, 0.1) is 5.69 Å². The van der Waals surface area contributed by atoms with Gasteiger partial charge >= 0.3 is 0 Å². The van der Waals surface area contributed by atoms with Crippen LogP contribution in [0.15, 0.2) is 0 Å². The van der Waals surface area contributed by atoms with Gasteiger partial charge in [0, 0.05) is 31.7 Å². The van der Waals surface area contributed by atoms with Crippen LogP contribution in [0.5, 0.6) is 0 Å². The van der Waals surface area contributed by atoms with Gasteiger partial charge < -0.3 is 10.2 Å². The molecule has 1 atom stereocenters. The number of likely N-dealkylation sites (tertiary alicyclic amines) is 1. The van der Waals surface area contributed by atoms with Crippen LogP contribution in [0.25, 0.3) is 0 Å². The van der Waals surface area contributed by atoms with Gasteiger partial charge in [-0.15, -0.1) is 0 Å². The van der Waals surface area contributed by atoms with Gasteiger partial charge in [-0.05, 0) is 58.2 Å². The minimum Gasteiger partial charge on any atom is -0.356 e. The van der Waals surface area contributed by atoms with Crippen molar-refractivity contribution in [1.82, 2.24) is 20.0 Å². The van der Waals surface area contributed by atoms with Crippen molar-refractivity contribution in [2.45, 2.75) is 53.5 Å². The molecule has 1 aromatic heterocycles. The molecule has 1 amide bonds. The molecule has 1 aliphatic heterocycles. The van der Waals surface area contributed by atoms with E-state index in [9.17, 15) is 4.79 Å². The number of aryl methyl sites for hydroxylation is 2. The molecule has 0 aromatic carbocycles. The van der Waals surface area contributed by atoms with Gasteiger partial charge in [-0.25, -0.2) is 0 Å². The summed E-state index contributed by atoms with van der Waals surface area (Å²) in [6.07, 6.45) is 2.98. The van der Waals surface area contributed by atoms with Crippen molar-refractivity contribution in [2.24, 2.45) is 5.92 Å². The first kappa shape index (κ1) is 17.0. The number of piperidine rings is 1. The Balaban J connectivity index is 1.73. The molecule has 1 saturated heterocycles. The fraction of sp³-hybridized carbons (Fsp3) is 0.765. The zero-order chi connectivity index (χ0) is 16.1. The Morgan fingerprint density at radius 1 is 1.36 bits per heavy atom. The summed E-state index contributed by atoms with van der Waals surface area (Å²) in [4.78, 5) is 14.5. The molecule has 0 radical (unpaired) electrons. The Morgan fingerprint density at radius 3 is 2.77 bits per heavy atom. The monoisotopic (exact) mass is 306 g/mol. The van der Waals surface area contributed by atoms with E-state index in [0.29, 0.717) is 18.9 Å². The number of rotatable bonds is 6. The van der Waals surface area contributed by atoms with Crippen LogP contribution >= 0.6 is 0 Å². The quantitative estimate of drug-likeness (QED) is 0.875. The molecule has 1 unspecified atom stereocenters. The number of hydrogen-bond acceptors (Lipinski definition) is 3. The lowest BCUT2D eigenvalue weighted by molar-refractivity contribution is -0.121. The van der Waals surface area contributed by atoms with Gasteiger partial charge in [0.1, 0.15) is 0 Å². The third-order valence-electron chi connectivity index (χ3n) is 4.93. The smallest absolute Gasteiger partial charge is 0.221 e. The summed E-state index contributed by atoms with van der Waals surface area (Å²) in [6, 6.07) is 0. The maximum absolute atomic E-state index is 12.0. The minimum absolute atomic E-state index is 0.138. The molecule has 1 fully saturated rings. The summed E-state index contributed by atoms with van der Waals surface area (Å²) >= 11 is 0. The average molecular weight is 306 g/mol. The van der Waals surface area contributed by atoms with Gasteiger partial charge in [-0.2, -0.15) is 5.10 Å². The first-order chi connectivity index (χ1) is 10.5. The van der Waals surface area contributed by atoms with E-state index in [2.05, 4.69) is 36.1 Å². The highest BCUT2D eigenvalue weighted by Crippen LogP contribution is 2.15. The molecule has 2 heterocycles. The number of nitrogens with zero attached hydrogens (tertiary/aromatic N) is 3. The van der Waals surface area contributed by atoms with E-state index in [1.165, 1.54) is 24.9 Å². The Morgan fingerprint density at radius 2 is 2.14 bits per heavy atom. The molecule has 0 aliphatic carbocycles. The molecule has 0 bridgehead atoms. The lowest BCUT2D eigenvalue weighted by atomic mass is 9.98. The molecule has 1 aliphatic rings. The van der Waals surface area contributed by atoms with Crippen molar-refractivity contribution in [3.8, 4) is 0 Å². The number of carbonyl (C=O) groups is 1. The Hall–Kier alpha value is -1.36. The van der Waals surface area contributed by atoms with Gasteiger partial charge in [0.25, 0.3) is 0 Å². The zero-order valence-corrected chi connectivity index (χ0v) is 14.5. The summed E-state index contributed by atoms with van der Waals surface area (Å²) in [5, 5.41) is 7.58. The first-order valence-corrected chi connectivity index (χ1v) is 8.51. The number of carbonyl (C=O) groups excluding carboxylic acids is 1. The van der Waals surface area contributed by atoms with Crippen LogP contribution < -0.4 is 5.32 Å². The van der Waals surface area contributed by atoms with Crippen molar-refractivity contribution in [3.05, 3.63) is 17.0 Å². The molecule has 1 aromatic rings. The van der Waals surface area contributed by atoms with Gasteiger partial charge in [0.15, 0.2) is 0 Å². The van der Waals surface area contributed by atoms with E-state index < -0.39 is 0 Å². The molecule has 2 rings (SSSR count). The van der Waals surface area contributed by atoms with Crippen LogP contribution in [0.3, 0.4) is 0 Å². The summed E-state index contributed by atoms with van der Waals surface area (Å²) in [7, 11) is 0. The van der Waals surface area contributed by atoms with E-state index in [1.807, 2.05) is 11.6 Å². The highest BCUT2D eigenvalue weighted by atomic mass is 16.1. The van der Waals surface area contributed by atoms with Crippen molar-refractivity contribution < 1.29 is 4.79 Å². The van der Waals surface area contributed by atoms with E-state index in [-0.39, 0.29) is 5.91 Å². The highest BCUT2D eigenvalue weighted by Gasteiger charge is 2.19. The average Bonchev–Trinajstić information content (AvgIpc) is 2.78. The van der Waals surface area contributed by atoms with Crippen molar-refractivity contribution in [2.75, 3.05) is 26.2 Å². The van der Waals surface area contributed by atoms with Crippen LogP contribution in [-0.2, 0) is 11.3 Å². The van der Waals surface area contributed by atoms with Gasteiger partial charge in [0.2, 0.25) is 5.91 Å². The fourth-order valence-corrected chi connectivity index (χ4v) is 3.16. The van der Waals surface area contributed by atoms with E-state index in [4.69, 9.17) is 0 Å². The van der Waals surface area contributed by atoms with Crippen molar-refractivity contribution >= 4 is 5.91 Å². The predicted octanol–water partition coefficient (Wildman–Crippen LogP) is 2.05. The molecule has 5 heteroatoms. The molecule has 0 saturated carbocycles. The Kier molecular flexibility index (Phi) is 6.00. The zero-order valence-electron chi connectivity index (χ0n) is 14.5. The number of aromatic nitrogens is 2. The van der Waals surface area contributed by atoms with Crippen LogP contribution in [0.1, 0.15) is 43.1 Å². The maximum Gasteiger partial charge on any atom is 0.221 e. The molecule has 5 nitrogen and oxygen atoms in total. The summed E-state index contributed by atoms with van der Waals surface area (Å²) in [6.45, 7) is 13.3. The van der Waals surface area contributed by atoms with Crippen LogP contribution in [0.4, 0.5) is 0 Å². The molecule has 1 N–H and O–H groups in total. The largest absolute Gasteiger partial charge is 0.356 e. The third kappa shape index (κ3) is 4.32. The van der Waals surface area contributed by atoms with Crippen molar-refractivity contribution in [1.29, 1.82) is 0 Å². The number of nitrogens with one attached hydrogen (secondary N) is 1. The lowest BCUT2D eigenvalue weighted by Gasteiger charge is -2.31. The van der Waals surface area contributed by atoms with E-state index in [1.54, 1.807) is 0 Å². The van der Waals surface area contributed by atoms with E-state index in [0.717, 1.165) is 31.0 Å². The van der Waals surface area contributed by atoms with Crippen LogP contribution in [-0.4, -0.2) is 46.8 Å². The molecular weight excluding hydrogens is 276 g/mol. The molecule has 124 valence electrons. The lowest BCUT2D eigenvalue weighted by Crippen LogP contribution is -2.40. The summed E-state index contributed by atoms with van der Waals surface area (Å²) in [5.74, 6) is 0.743. The normalized spacial score (nSPS) is 19.4. The number of hydrogen-bond donors (Lipinski definition) is 1. The molecular formula is C17H30N4O. The van der Waals surface area contributed by atoms with E-state index >= 15 is 0 Å². The van der Waals surface area contributed by atoms with Crippen LogP contribution in [0, 0.1) is 26.7 Å². The topological polar surface area (TPSA) is 50.2 Å². The molecule has 22 heavy (non-hydrogen) atoms.